The van der Waals surface area contributed by atoms with Crippen molar-refractivity contribution in [2.45, 2.75) is 0 Å². The first kappa shape index (κ1) is 12.0. The molecule has 1 aliphatic carbocycles. The van der Waals surface area contributed by atoms with E-state index in [1.165, 1.54) is 14.2 Å². The molecule has 0 bridgehead atoms. The van der Waals surface area contributed by atoms with Crippen molar-refractivity contribution in [2.75, 3.05) is 14.2 Å². The Morgan fingerprint density at radius 2 is 1.53 bits per heavy atom. The molecular weight excluding hydrogens is 216 g/mol. The molecule has 87 valence electrons. The fourth-order valence-corrected chi connectivity index (χ4v) is 1.74. The minimum Gasteiger partial charge on any atom is -0.496 e. The van der Waals surface area contributed by atoms with Crippen LogP contribution in [0.15, 0.2) is 18.2 Å². The summed E-state index contributed by atoms with van der Waals surface area (Å²) in [6.45, 7) is 0. The molecule has 3 heteroatoms. The molecule has 0 aromatic heterocycles. The van der Waals surface area contributed by atoms with E-state index in [-0.39, 0.29) is 5.78 Å². The molecule has 0 atom stereocenters. The van der Waals surface area contributed by atoms with Crippen LogP contribution in [0.25, 0.3) is 0 Å². The van der Waals surface area contributed by atoms with Crippen molar-refractivity contribution in [1.29, 1.82) is 0 Å². The van der Waals surface area contributed by atoms with Gasteiger partial charge < -0.3 is 9.47 Å². The number of benzene rings is 1. The highest BCUT2D eigenvalue weighted by Gasteiger charge is 2.29. The number of carbonyl (C=O) groups excluding carboxylic acids is 1. The second-order valence-corrected chi connectivity index (χ2v) is 3.54. The number of Topliss-reactive ketones (excluding diaryl/α,β-unsaturated/α-hetero) is 1. The Morgan fingerprint density at radius 1 is 1.00 bits per heavy atom. The first-order valence-electron chi connectivity index (χ1n) is 5.25. The monoisotopic (exact) mass is 229 g/mol. The number of ketones is 1. The third-order valence-electron chi connectivity index (χ3n) is 2.58. The molecule has 0 aliphatic heterocycles. The fourth-order valence-electron chi connectivity index (χ4n) is 1.74. The van der Waals surface area contributed by atoms with Crippen LogP contribution >= 0.6 is 0 Å². The van der Waals surface area contributed by atoms with E-state index in [0.29, 0.717) is 23.0 Å². The molecule has 2 rings (SSSR count). The summed E-state index contributed by atoms with van der Waals surface area (Å²) in [6, 6.07) is 5.29. The van der Waals surface area contributed by atoms with Crippen LogP contribution in [0.1, 0.15) is 10.4 Å². The number of hydrogen-bond donors (Lipinski definition) is 0. The van der Waals surface area contributed by atoms with Gasteiger partial charge in [0.25, 0.3) is 0 Å². The van der Waals surface area contributed by atoms with E-state index >= 15 is 0 Å². The molecule has 0 N–H and O–H groups in total. The molecule has 1 aromatic rings. The molecule has 3 nitrogen and oxygen atoms in total. The predicted octanol–water partition coefficient (Wildman–Crippen LogP) is 2.29. The van der Waals surface area contributed by atoms with Gasteiger partial charge in [-0.15, -0.1) is 0 Å². The van der Waals surface area contributed by atoms with Gasteiger partial charge >= 0.3 is 0 Å². The van der Waals surface area contributed by atoms with Crippen LogP contribution in [0, 0.1) is 31.6 Å². The summed E-state index contributed by atoms with van der Waals surface area (Å²) in [6.07, 6.45) is 7.20. The third kappa shape index (κ3) is 2.28. The minimum atomic E-state index is -0.0932. The first-order chi connectivity index (χ1) is 8.27. The van der Waals surface area contributed by atoms with Crippen molar-refractivity contribution < 1.29 is 14.3 Å². The maximum absolute atomic E-state index is 12.3. The summed E-state index contributed by atoms with van der Waals surface area (Å²) in [5, 5.41) is 0. The lowest BCUT2D eigenvalue weighted by molar-refractivity contribution is 0.101. The molecule has 5 radical (unpaired) electrons. The number of methoxy groups -OCH3 is 2. The molecule has 1 aromatic carbocycles. The minimum absolute atomic E-state index is 0.0932. The highest BCUT2D eigenvalue weighted by atomic mass is 16.5. The van der Waals surface area contributed by atoms with Crippen LogP contribution in [0.2, 0.25) is 0 Å². The van der Waals surface area contributed by atoms with Gasteiger partial charge in [0.15, 0.2) is 5.78 Å². The summed E-state index contributed by atoms with van der Waals surface area (Å²) >= 11 is 0. The Morgan fingerprint density at radius 3 is 2.00 bits per heavy atom. The van der Waals surface area contributed by atoms with Crippen LogP contribution in [0.3, 0.4) is 0 Å². The molecule has 0 heterocycles. The van der Waals surface area contributed by atoms with E-state index in [9.17, 15) is 4.79 Å². The van der Waals surface area contributed by atoms with Crippen molar-refractivity contribution in [2.24, 2.45) is 0 Å². The Labute approximate surface area is 102 Å². The SMILES string of the molecule is COc1cccc(OC)c1C(=O)[C]1[CH][CH][CH][CH]1. The van der Waals surface area contributed by atoms with Crippen LogP contribution < -0.4 is 9.47 Å². The fraction of sp³-hybridized carbons (Fsp3) is 0.143. The van der Waals surface area contributed by atoms with Crippen molar-refractivity contribution >= 4 is 5.78 Å². The summed E-state index contributed by atoms with van der Waals surface area (Å²) in [5.74, 6) is 1.59. The van der Waals surface area contributed by atoms with Gasteiger partial charge in [0, 0.05) is 0 Å². The zero-order chi connectivity index (χ0) is 12.3. The summed E-state index contributed by atoms with van der Waals surface area (Å²) in [7, 11) is 3.08. The normalized spacial score (nSPS) is 15.9. The molecule has 0 unspecified atom stereocenters. The molecule has 17 heavy (non-hydrogen) atoms. The zero-order valence-corrected chi connectivity index (χ0v) is 9.77. The molecule has 0 spiro atoms. The van der Waals surface area contributed by atoms with Crippen LogP contribution in [-0.4, -0.2) is 20.0 Å². The lowest BCUT2D eigenvalue weighted by Crippen LogP contribution is -2.12. The second-order valence-electron chi connectivity index (χ2n) is 3.54. The van der Waals surface area contributed by atoms with Gasteiger partial charge in [-0.1, -0.05) is 6.07 Å². The molecule has 1 fully saturated rings. The van der Waals surface area contributed by atoms with Gasteiger partial charge in [-0.05, 0) is 37.8 Å². The topological polar surface area (TPSA) is 35.5 Å². The number of rotatable bonds is 4. The van der Waals surface area contributed by atoms with Crippen molar-refractivity contribution in [3.05, 3.63) is 55.4 Å². The van der Waals surface area contributed by atoms with E-state index in [2.05, 4.69) is 0 Å². The Hall–Kier alpha value is -1.51. The van der Waals surface area contributed by atoms with Gasteiger partial charge in [0.05, 0.1) is 20.1 Å². The standard InChI is InChI=1S/C14H13O3/c1-16-11-8-5-9-12(17-2)13(11)14(15)10-6-3-4-7-10/h3-9H,1-2H3. The Bertz CT molecular complexity index is 384. The highest BCUT2D eigenvalue weighted by molar-refractivity contribution is 6.13. The number of ether oxygens (including phenoxy) is 2. The summed E-state index contributed by atoms with van der Waals surface area (Å²) in [5.41, 5.74) is 0.462. The van der Waals surface area contributed by atoms with Gasteiger partial charge in [-0.3, -0.25) is 4.79 Å². The number of hydrogen-bond acceptors (Lipinski definition) is 3. The summed E-state index contributed by atoms with van der Waals surface area (Å²) < 4.78 is 10.4. The van der Waals surface area contributed by atoms with Gasteiger partial charge in [0.1, 0.15) is 17.1 Å². The van der Waals surface area contributed by atoms with E-state index in [1.807, 2.05) is 12.8 Å². The first-order valence-corrected chi connectivity index (χ1v) is 5.25. The van der Waals surface area contributed by atoms with E-state index in [4.69, 9.17) is 9.47 Å². The lowest BCUT2D eigenvalue weighted by Gasteiger charge is -2.14. The quantitative estimate of drug-likeness (QED) is 0.743. The van der Waals surface area contributed by atoms with Crippen molar-refractivity contribution in [3.63, 3.8) is 0 Å². The van der Waals surface area contributed by atoms with Gasteiger partial charge in [-0.2, -0.15) is 0 Å². The van der Waals surface area contributed by atoms with E-state index in [0.717, 1.165) is 0 Å². The Kier molecular flexibility index (Phi) is 3.67. The van der Waals surface area contributed by atoms with Crippen LogP contribution in [-0.2, 0) is 0 Å². The maximum Gasteiger partial charge on any atom is 0.178 e. The highest BCUT2D eigenvalue weighted by Crippen LogP contribution is 2.35. The van der Waals surface area contributed by atoms with Crippen molar-refractivity contribution in [1.82, 2.24) is 0 Å². The zero-order valence-electron chi connectivity index (χ0n) is 9.77. The van der Waals surface area contributed by atoms with Crippen molar-refractivity contribution in [3.8, 4) is 11.5 Å². The average molecular weight is 229 g/mol. The molecule has 1 aliphatic rings. The van der Waals surface area contributed by atoms with E-state index in [1.54, 1.807) is 31.0 Å². The smallest absolute Gasteiger partial charge is 0.178 e. The largest absolute Gasteiger partial charge is 0.496 e. The molecule has 0 amide bonds. The van der Waals surface area contributed by atoms with E-state index < -0.39 is 0 Å². The lowest BCUT2D eigenvalue weighted by atomic mass is 9.95. The van der Waals surface area contributed by atoms with Crippen LogP contribution in [0.5, 0.6) is 11.5 Å². The number of carbonyl (C=O) groups is 1. The average Bonchev–Trinajstić information content (AvgIpc) is 2.90. The molecule has 1 saturated carbocycles. The summed E-state index contributed by atoms with van der Waals surface area (Å²) in [4.78, 5) is 12.3. The van der Waals surface area contributed by atoms with Crippen LogP contribution in [0.4, 0.5) is 0 Å². The third-order valence-corrected chi connectivity index (χ3v) is 2.58. The van der Waals surface area contributed by atoms with Gasteiger partial charge in [0.2, 0.25) is 0 Å². The molecular formula is C14H13O3. The van der Waals surface area contributed by atoms with Gasteiger partial charge in [-0.25, -0.2) is 0 Å². The second kappa shape index (κ2) is 5.21. The maximum atomic E-state index is 12.3. The molecule has 0 saturated heterocycles. The Balaban J connectivity index is 2.37. The predicted molar refractivity (Wildman–Crippen MR) is 64.3 cm³/mol.